The molecule has 0 fully saturated rings. The molecule has 0 aromatic heterocycles. The highest BCUT2D eigenvalue weighted by atomic mass is 35.5. The molecule has 0 saturated heterocycles. The number of rotatable bonds is 4. The van der Waals surface area contributed by atoms with Gasteiger partial charge in [0.05, 0.1) is 21.4 Å². The summed E-state index contributed by atoms with van der Waals surface area (Å²) >= 11 is 6.00. The molecule has 3 aromatic carbocycles. The van der Waals surface area contributed by atoms with Crippen molar-refractivity contribution in [1.82, 2.24) is 0 Å². The smallest absolute Gasteiger partial charge is 0.345 e. The number of ether oxygens (including phenoxy) is 2. The SMILES string of the molecule is N#CC1=C(N)Oc2cc(OC(=O)c3cc([N+](=O)[O-])ccc3Cl)ccc2C1c1cccc(F)c1. The van der Waals surface area contributed by atoms with E-state index in [1.165, 1.54) is 42.5 Å². The van der Waals surface area contributed by atoms with Gasteiger partial charge in [0.2, 0.25) is 5.88 Å². The number of allylic oxidation sites excluding steroid dienone is 1. The van der Waals surface area contributed by atoms with Crippen LogP contribution in [0, 0.1) is 27.3 Å². The van der Waals surface area contributed by atoms with Crippen molar-refractivity contribution in [2.45, 2.75) is 5.92 Å². The molecule has 33 heavy (non-hydrogen) atoms. The van der Waals surface area contributed by atoms with E-state index in [1.54, 1.807) is 12.1 Å². The molecular formula is C23H13ClFN3O5. The van der Waals surface area contributed by atoms with Gasteiger partial charge in [-0.1, -0.05) is 29.8 Å². The minimum absolute atomic E-state index is 0.0168. The Balaban J connectivity index is 1.69. The van der Waals surface area contributed by atoms with Crippen LogP contribution in [-0.2, 0) is 0 Å². The lowest BCUT2D eigenvalue weighted by atomic mass is 9.83. The molecule has 4 rings (SSSR count). The van der Waals surface area contributed by atoms with Crippen LogP contribution >= 0.6 is 11.6 Å². The average Bonchev–Trinajstić information content (AvgIpc) is 2.78. The third kappa shape index (κ3) is 4.20. The topological polar surface area (TPSA) is 128 Å². The van der Waals surface area contributed by atoms with E-state index in [1.807, 2.05) is 6.07 Å². The van der Waals surface area contributed by atoms with Crippen molar-refractivity contribution in [1.29, 1.82) is 5.26 Å². The number of benzene rings is 3. The summed E-state index contributed by atoms with van der Waals surface area (Å²) in [6.45, 7) is 0. The Labute approximate surface area is 191 Å². The number of nitro benzene ring substituents is 1. The second kappa shape index (κ2) is 8.61. The van der Waals surface area contributed by atoms with Crippen molar-refractivity contribution in [3.63, 3.8) is 0 Å². The quantitative estimate of drug-likeness (QED) is 0.253. The summed E-state index contributed by atoms with van der Waals surface area (Å²) in [5.74, 6) is -1.99. The van der Waals surface area contributed by atoms with Crippen LogP contribution in [0.25, 0.3) is 0 Å². The van der Waals surface area contributed by atoms with Crippen molar-refractivity contribution in [3.8, 4) is 17.6 Å². The fourth-order valence-corrected chi connectivity index (χ4v) is 3.67. The molecule has 0 spiro atoms. The van der Waals surface area contributed by atoms with E-state index in [0.29, 0.717) is 11.1 Å². The number of hydrogen-bond acceptors (Lipinski definition) is 7. The van der Waals surface area contributed by atoms with E-state index in [2.05, 4.69) is 0 Å². The molecule has 0 saturated carbocycles. The number of non-ortho nitro benzene ring substituents is 1. The highest BCUT2D eigenvalue weighted by Crippen LogP contribution is 2.43. The van der Waals surface area contributed by atoms with Crippen LogP contribution in [0.1, 0.15) is 27.4 Å². The van der Waals surface area contributed by atoms with Crippen LogP contribution in [0.4, 0.5) is 10.1 Å². The zero-order valence-corrected chi connectivity index (χ0v) is 17.4. The average molecular weight is 466 g/mol. The van der Waals surface area contributed by atoms with Gasteiger partial charge in [-0.15, -0.1) is 0 Å². The van der Waals surface area contributed by atoms with Crippen molar-refractivity contribution >= 4 is 23.3 Å². The van der Waals surface area contributed by atoms with Crippen LogP contribution < -0.4 is 15.2 Å². The molecular weight excluding hydrogens is 453 g/mol. The summed E-state index contributed by atoms with van der Waals surface area (Å²) in [6.07, 6.45) is 0. The van der Waals surface area contributed by atoms with Gasteiger partial charge in [-0.2, -0.15) is 5.26 Å². The van der Waals surface area contributed by atoms with Crippen LogP contribution in [0.3, 0.4) is 0 Å². The Hall–Kier alpha value is -4.42. The Bertz CT molecular complexity index is 1380. The third-order valence-electron chi connectivity index (χ3n) is 4.96. The molecule has 164 valence electrons. The molecule has 1 aliphatic heterocycles. The Morgan fingerprint density at radius 2 is 2.00 bits per heavy atom. The Kier molecular flexibility index (Phi) is 5.69. The molecule has 3 aromatic rings. The molecule has 1 heterocycles. The van der Waals surface area contributed by atoms with Gasteiger partial charge >= 0.3 is 5.97 Å². The lowest BCUT2D eigenvalue weighted by molar-refractivity contribution is -0.384. The summed E-state index contributed by atoms with van der Waals surface area (Å²) in [5, 5.41) is 20.6. The van der Waals surface area contributed by atoms with E-state index in [0.717, 1.165) is 6.07 Å². The normalized spacial score (nSPS) is 14.6. The molecule has 2 N–H and O–H groups in total. The molecule has 0 radical (unpaired) electrons. The second-order valence-electron chi connectivity index (χ2n) is 6.99. The Morgan fingerprint density at radius 3 is 2.70 bits per heavy atom. The van der Waals surface area contributed by atoms with E-state index >= 15 is 0 Å². The monoisotopic (exact) mass is 465 g/mol. The molecule has 0 bridgehead atoms. The molecule has 0 amide bonds. The lowest BCUT2D eigenvalue weighted by Gasteiger charge is -2.26. The van der Waals surface area contributed by atoms with Gasteiger partial charge in [-0.3, -0.25) is 10.1 Å². The highest BCUT2D eigenvalue weighted by Gasteiger charge is 2.31. The first-order valence-electron chi connectivity index (χ1n) is 9.41. The minimum Gasteiger partial charge on any atom is -0.440 e. The first kappa shape index (κ1) is 21.8. The summed E-state index contributed by atoms with van der Waals surface area (Å²) < 4.78 is 24.7. The summed E-state index contributed by atoms with van der Waals surface area (Å²) in [6, 6.07) is 15.6. The summed E-state index contributed by atoms with van der Waals surface area (Å²) in [5.41, 5.74) is 6.54. The summed E-state index contributed by atoms with van der Waals surface area (Å²) in [7, 11) is 0. The number of nitrogens with zero attached hydrogens (tertiary/aromatic N) is 2. The predicted molar refractivity (Wildman–Crippen MR) is 115 cm³/mol. The maximum absolute atomic E-state index is 13.8. The number of nitro groups is 1. The van der Waals surface area contributed by atoms with Crippen LogP contribution in [0.15, 0.2) is 72.1 Å². The number of hydrogen-bond donors (Lipinski definition) is 1. The number of nitrogens with two attached hydrogens (primary N) is 1. The number of carbonyl (C=O) groups excluding carboxylic acids is 1. The third-order valence-corrected chi connectivity index (χ3v) is 5.29. The van der Waals surface area contributed by atoms with Crippen LogP contribution in [0.5, 0.6) is 11.5 Å². The van der Waals surface area contributed by atoms with Gasteiger partial charge in [0.25, 0.3) is 5.69 Å². The second-order valence-corrected chi connectivity index (χ2v) is 7.40. The van der Waals surface area contributed by atoms with Crippen LogP contribution in [-0.4, -0.2) is 10.9 Å². The number of halogens is 2. The fourth-order valence-electron chi connectivity index (χ4n) is 3.47. The number of nitriles is 1. The molecule has 1 aliphatic rings. The van der Waals surface area contributed by atoms with Gasteiger partial charge in [-0.25, -0.2) is 9.18 Å². The summed E-state index contributed by atoms with van der Waals surface area (Å²) in [4.78, 5) is 22.9. The van der Waals surface area contributed by atoms with Gasteiger partial charge in [0.1, 0.15) is 29.0 Å². The fraction of sp³-hybridized carbons (Fsp3) is 0.0435. The van der Waals surface area contributed by atoms with E-state index in [4.69, 9.17) is 26.8 Å². The molecule has 0 aliphatic carbocycles. The number of fused-ring (bicyclic) bond motifs is 1. The van der Waals surface area contributed by atoms with Crippen molar-refractivity contribution < 1.29 is 23.6 Å². The zero-order chi connectivity index (χ0) is 23.7. The largest absolute Gasteiger partial charge is 0.440 e. The van der Waals surface area contributed by atoms with Gasteiger partial charge < -0.3 is 15.2 Å². The number of carbonyl (C=O) groups is 1. The molecule has 1 unspecified atom stereocenters. The van der Waals surface area contributed by atoms with E-state index < -0.39 is 22.6 Å². The minimum atomic E-state index is -0.914. The van der Waals surface area contributed by atoms with Crippen LogP contribution in [0.2, 0.25) is 5.02 Å². The van der Waals surface area contributed by atoms with Gasteiger partial charge in [0, 0.05) is 23.8 Å². The number of esters is 1. The van der Waals surface area contributed by atoms with E-state index in [9.17, 15) is 24.6 Å². The first-order valence-corrected chi connectivity index (χ1v) is 9.79. The maximum Gasteiger partial charge on any atom is 0.345 e. The van der Waals surface area contributed by atoms with Gasteiger partial charge in [0.15, 0.2) is 0 Å². The Morgan fingerprint density at radius 1 is 1.21 bits per heavy atom. The molecule has 1 atom stereocenters. The van der Waals surface area contributed by atoms with Gasteiger partial charge in [-0.05, 0) is 29.8 Å². The highest BCUT2D eigenvalue weighted by molar-refractivity contribution is 6.33. The first-order chi connectivity index (χ1) is 15.8. The van der Waals surface area contributed by atoms with Crippen molar-refractivity contribution in [2.75, 3.05) is 0 Å². The molecule has 8 nitrogen and oxygen atoms in total. The standard InChI is InChI=1S/C23H13ClFN3O5/c24-19-7-4-14(28(30)31)9-17(19)23(29)32-15-5-6-16-20(10-15)33-22(27)18(11-26)21(16)12-2-1-3-13(25)8-12/h1-10,21H,27H2. The zero-order valence-electron chi connectivity index (χ0n) is 16.6. The van der Waals surface area contributed by atoms with Crippen molar-refractivity contribution in [2.24, 2.45) is 5.73 Å². The predicted octanol–water partition coefficient (Wildman–Crippen LogP) is 4.82. The van der Waals surface area contributed by atoms with Crippen molar-refractivity contribution in [3.05, 3.63) is 110 Å². The van der Waals surface area contributed by atoms with E-state index in [-0.39, 0.29) is 39.2 Å². The molecule has 10 heteroatoms. The maximum atomic E-state index is 13.8. The lowest BCUT2D eigenvalue weighted by Crippen LogP contribution is -2.21.